The minimum Gasteiger partial charge on any atom is -0.497 e. The number of hydrogen-bond acceptors (Lipinski definition) is 5. The van der Waals surface area contributed by atoms with E-state index >= 15 is 0 Å². The minimum absolute atomic E-state index is 0.0409. The second kappa shape index (κ2) is 10.6. The fourth-order valence-corrected chi connectivity index (χ4v) is 5.04. The number of alkyl halides is 2. The Balaban J connectivity index is 1.60. The molecule has 0 atom stereocenters. The molecule has 1 heterocycles. The van der Waals surface area contributed by atoms with Crippen molar-refractivity contribution in [2.75, 3.05) is 18.9 Å². The number of H-pyrrole nitrogens is 1. The Hall–Kier alpha value is -4.36. The third-order valence-corrected chi connectivity index (χ3v) is 7.17. The minimum atomic E-state index is -3.90. The summed E-state index contributed by atoms with van der Waals surface area (Å²) >= 11 is 0. The highest BCUT2D eigenvalue weighted by molar-refractivity contribution is 7.92. The van der Waals surface area contributed by atoms with E-state index in [1.54, 1.807) is 36.4 Å². The van der Waals surface area contributed by atoms with Crippen LogP contribution >= 0.6 is 0 Å². The molecule has 0 aliphatic carbocycles. The van der Waals surface area contributed by atoms with E-state index in [1.807, 2.05) is 5.92 Å². The van der Waals surface area contributed by atoms with Crippen LogP contribution < -0.4 is 19.8 Å². The van der Waals surface area contributed by atoms with Gasteiger partial charge in [0.15, 0.2) is 0 Å². The van der Waals surface area contributed by atoms with Gasteiger partial charge in [-0.25, -0.2) is 8.42 Å². The molecule has 0 bridgehead atoms. The normalized spacial score (nSPS) is 11.5. The average Bonchev–Trinajstić information content (AvgIpc) is 2.88. The van der Waals surface area contributed by atoms with Crippen LogP contribution in [0.25, 0.3) is 10.9 Å². The lowest BCUT2D eigenvalue weighted by atomic mass is 9.98. The smallest absolute Gasteiger partial charge is 0.334 e. The first-order valence-electron chi connectivity index (χ1n) is 11.4. The molecule has 2 N–H and O–H groups in total. The summed E-state index contributed by atoms with van der Waals surface area (Å²) in [7, 11) is -0.975. The maximum Gasteiger partial charge on any atom is 0.334 e. The maximum absolute atomic E-state index is 14.6. The standard InChI is InChI=1S/C28H24F2N2O5S/c1-4-11-28(29,30)25-17-27(33)31-26-10-7-19(13-24(25)26)12-18-5-8-23(9-6-18)38(34,35)32-20-14-21(36-2)16-22(15-20)37-3/h5-10,13-17,32H,12H2,1-3H3,(H,31,33). The molecule has 0 saturated heterocycles. The third-order valence-electron chi connectivity index (χ3n) is 5.77. The number of aromatic nitrogens is 1. The number of pyridine rings is 1. The van der Waals surface area contributed by atoms with Gasteiger partial charge in [0.25, 0.3) is 10.0 Å². The van der Waals surface area contributed by atoms with E-state index in [0.29, 0.717) is 23.5 Å². The van der Waals surface area contributed by atoms with Gasteiger partial charge in [-0.05, 0) is 54.7 Å². The number of hydrogen-bond donors (Lipinski definition) is 2. The Morgan fingerprint density at radius 2 is 1.55 bits per heavy atom. The fourth-order valence-electron chi connectivity index (χ4n) is 4.00. The number of benzene rings is 3. The lowest BCUT2D eigenvalue weighted by Crippen LogP contribution is -2.16. The molecular formula is C28H24F2N2O5S. The van der Waals surface area contributed by atoms with Crippen LogP contribution in [0.4, 0.5) is 14.5 Å². The van der Waals surface area contributed by atoms with Crippen LogP contribution in [-0.2, 0) is 22.4 Å². The molecular weight excluding hydrogens is 514 g/mol. The Morgan fingerprint density at radius 1 is 0.921 bits per heavy atom. The highest BCUT2D eigenvalue weighted by atomic mass is 32.2. The van der Waals surface area contributed by atoms with E-state index in [-0.39, 0.29) is 21.5 Å². The van der Waals surface area contributed by atoms with Gasteiger partial charge in [-0.3, -0.25) is 9.52 Å². The lowest BCUT2D eigenvalue weighted by Gasteiger charge is -2.14. The van der Waals surface area contributed by atoms with Gasteiger partial charge in [-0.1, -0.05) is 18.2 Å². The summed E-state index contributed by atoms with van der Waals surface area (Å²) in [5.74, 6) is 1.44. The third kappa shape index (κ3) is 5.79. The highest BCUT2D eigenvalue weighted by Crippen LogP contribution is 2.32. The monoisotopic (exact) mass is 538 g/mol. The SMILES string of the molecule is CC#CC(F)(F)c1cc(=O)[nH]c2ccc(Cc3ccc(S(=O)(=O)Nc4cc(OC)cc(OC)c4)cc3)cc12. The molecule has 0 saturated carbocycles. The van der Waals surface area contributed by atoms with Crippen LogP contribution in [-0.4, -0.2) is 27.6 Å². The Labute approximate surface area is 218 Å². The molecule has 7 nitrogen and oxygen atoms in total. The number of anilines is 1. The molecule has 10 heteroatoms. The Bertz CT molecular complexity index is 1700. The van der Waals surface area contributed by atoms with E-state index in [4.69, 9.17) is 9.47 Å². The van der Waals surface area contributed by atoms with Gasteiger partial charge in [0.1, 0.15) is 11.5 Å². The summed E-state index contributed by atoms with van der Waals surface area (Å²) in [4.78, 5) is 14.5. The molecule has 0 aliphatic heterocycles. The van der Waals surface area contributed by atoms with Crippen LogP contribution in [0.3, 0.4) is 0 Å². The van der Waals surface area contributed by atoms with Crippen molar-refractivity contribution in [2.45, 2.75) is 24.2 Å². The first kappa shape index (κ1) is 26.7. The summed E-state index contributed by atoms with van der Waals surface area (Å²) in [5.41, 5.74) is 0.904. The molecule has 196 valence electrons. The van der Waals surface area contributed by atoms with Gasteiger partial charge in [-0.15, -0.1) is 5.92 Å². The number of methoxy groups -OCH3 is 2. The number of aromatic amines is 1. The van der Waals surface area contributed by atoms with Crippen LogP contribution in [0.1, 0.15) is 23.6 Å². The number of halogens is 2. The van der Waals surface area contributed by atoms with E-state index in [0.717, 1.165) is 11.6 Å². The molecule has 3 aromatic carbocycles. The zero-order chi connectivity index (χ0) is 27.5. The molecule has 0 amide bonds. The van der Waals surface area contributed by atoms with Gasteiger partial charge < -0.3 is 14.5 Å². The Kier molecular flexibility index (Phi) is 7.41. The molecule has 4 rings (SSSR count). The van der Waals surface area contributed by atoms with Crippen molar-refractivity contribution in [3.05, 3.63) is 93.8 Å². The van der Waals surface area contributed by atoms with Gasteiger partial charge in [0, 0.05) is 40.7 Å². The number of sulfonamides is 1. The maximum atomic E-state index is 14.6. The summed E-state index contributed by atoms with van der Waals surface area (Å²) in [6.07, 6.45) is 0.348. The topological polar surface area (TPSA) is 97.5 Å². The zero-order valence-corrected chi connectivity index (χ0v) is 21.6. The van der Waals surface area contributed by atoms with Crippen LogP contribution in [0.15, 0.2) is 76.4 Å². The van der Waals surface area contributed by atoms with E-state index in [1.165, 1.54) is 45.4 Å². The van der Waals surface area contributed by atoms with Crippen molar-refractivity contribution in [3.8, 4) is 23.3 Å². The van der Waals surface area contributed by atoms with Crippen LogP contribution in [0.5, 0.6) is 11.5 Å². The Morgan fingerprint density at radius 3 is 2.16 bits per heavy atom. The first-order valence-corrected chi connectivity index (χ1v) is 12.9. The van der Waals surface area contributed by atoms with Gasteiger partial charge in [-0.2, -0.15) is 8.78 Å². The van der Waals surface area contributed by atoms with Crippen molar-refractivity contribution in [3.63, 3.8) is 0 Å². The molecule has 0 spiro atoms. The largest absolute Gasteiger partial charge is 0.497 e. The van der Waals surface area contributed by atoms with Gasteiger partial charge >= 0.3 is 5.92 Å². The number of ether oxygens (including phenoxy) is 2. The summed E-state index contributed by atoms with van der Waals surface area (Å²) in [6, 6.07) is 16.6. The highest BCUT2D eigenvalue weighted by Gasteiger charge is 2.31. The number of rotatable bonds is 8. The first-order chi connectivity index (χ1) is 18.0. The fraction of sp³-hybridized carbons (Fsp3) is 0.179. The molecule has 4 aromatic rings. The second-order valence-corrected chi connectivity index (χ2v) is 10.1. The van der Waals surface area contributed by atoms with Gasteiger partial charge in [0.05, 0.1) is 24.8 Å². The second-order valence-electron chi connectivity index (χ2n) is 8.40. The molecule has 0 unspecified atom stereocenters. The van der Waals surface area contributed by atoms with E-state index in [2.05, 4.69) is 15.6 Å². The molecule has 38 heavy (non-hydrogen) atoms. The number of nitrogens with one attached hydrogen (secondary N) is 2. The summed E-state index contributed by atoms with van der Waals surface area (Å²) < 4.78 is 68.0. The number of fused-ring (bicyclic) bond motifs is 1. The summed E-state index contributed by atoms with van der Waals surface area (Å²) in [5, 5.41) is 0.187. The quantitative estimate of drug-likeness (QED) is 0.306. The van der Waals surface area contributed by atoms with Crippen LogP contribution in [0, 0.1) is 11.8 Å². The molecule has 0 fully saturated rings. The molecule has 0 radical (unpaired) electrons. The predicted octanol–water partition coefficient (Wildman–Crippen LogP) is 5.05. The van der Waals surface area contributed by atoms with E-state index < -0.39 is 27.1 Å². The molecule has 1 aromatic heterocycles. The van der Waals surface area contributed by atoms with E-state index in [9.17, 15) is 22.0 Å². The molecule has 0 aliphatic rings. The van der Waals surface area contributed by atoms with Gasteiger partial charge in [0.2, 0.25) is 5.56 Å². The predicted molar refractivity (Wildman–Crippen MR) is 142 cm³/mol. The van der Waals surface area contributed by atoms with Crippen molar-refractivity contribution < 1.29 is 26.7 Å². The van der Waals surface area contributed by atoms with Crippen molar-refractivity contribution in [2.24, 2.45) is 0 Å². The zero-order valence-electron chi connectivity index (χ0n) is 20.8. The average molecular weight is 539 g/mol. The van der Waals surface area contributed by atoms with Crippen molar-refractivity contribution in [1.82, 2.24) is 4.98 Å². The van der Waals surface area contributed by atoms with Crippen molar-refractivity contribution >= 4 is 26.6 Å². The summed E-state index contributed by atoms with van der Waals surface area (Å²) in [6.45, 7) is 1.31. The van der Waals surface area contributed by atoms with Crippen LogP contribution in [0.2, 0.25) is 0 Å². The van der Waals surface area contributed by atoms with Crippen molar-refractivity contribution in [1.29, 1.82) is 0 Å². The lowest BCUT2D eigenvalue weighted by molar-refractivity contribution is 0.0653.